The van der Waals surface area contributed by atoms with E-state index in [2.05, 4.69) is 36.1 Å². The van der Waals surface area contributed by atoms with Gasteiger partial charge >= 0.3 is 0 Å². The summed E-state index contributed by atoms with van der Waals surface area (Å²) in [5.74, 6) is 1.02. The summed E-state index contributed by atoms with van der Waals surface area (Å²) in [6.45, 7) is 6.34. The Kier molecular flexibility index (Phi) is 4.80. The summed E-state index contributed by atoms with van der Waals surface area (Å²) in [6, 6.07) is 10.8. The van der Waals surface area contributed by atoms with Gasteiger partial charge < -0.3 is 5.32 Å². The molecule has 1 aliphatic heterocycles. The topological polar surface area (TPSA) is 93.0 Å². The fourth-order valence-corrected chi connectivity index (χ4v) is 4.76. The van der Waals surface area contributed by atoms with Crippen molar-refractivity contribution in [3.8, 4) is 0 Å². The Morgan fingerprint density at radius 2 is 1.62 bits per heavy atom. The van der Waals surface area contributed by atoms with Crippen LogP contribution in [0, 0.1) is 0 Å². The SMILES string of the molecule is CC(C)(C)n1nc(Nc2ncccn2)cc1[C@@H]1CC[C@H](N2C(=O)c3ccccc3C2=O)C1. The minimum Gasteiger partial charge on any atom is -0.307 e. The molecule has 3 heterocycles. The number of carbonyl (C=O) groups is 2. The first-order chi connectivity index (χ1) is 15.3. The number of fused-ring (bicyclic) bond motifs is 1. The van der Waals surface area contributed by atoms with Crippen molar-refractivity contribution in [3.63, 3.8) is 0 Å². The standard InChI is InChI=1S/C24H26N6O2/c1-24(2,3)30-19(14-20(28-30)27-23-25-11-6-12-26-23)15-9-10-16(13-15)29-21(31)17-7-4-5-8-18(17)22(29)32/h4-8,11-12,14-16H,9-10,13H2,1-3H3,(H,25,26,27,28)/t15-,16+/m1/s1. The first-order valence-electron chi connectivity index (χ1n) is 10.9. The molecule has 164 valence electrons. The Labute approximate surface area is 186 Å². The molecule has 2 aromatic heterocycles. The molecule has 32 heavy (non-hydrogen) atoms. The lowest BCUT2D eigenvalue weighted by atomic mass is 10.0. The van der Waals surface area contributed by atoms with E-state index >= 15 is 0 Å². The lowest BCUT2D eigenvalue weighted by molar-refractivity contribution is 0.0586. The smallest absolute Gasteiger partial charge is 0.261 e. The Balaban J connectivity index is 1.40. The summed E-state index contributed by atoms with van der Waals surface area (Å²) >= 11 is 0. The maximum absolute atomic E-state index is 12.9. The van der Waals surface area contributed by atoms with Crippen LogP contribution in [0.5, 0.6) is 0 Å². The third-order valence-electron chi connectivity index (χ3n) is 6.19. The highest BCUT2D eigenvalue weighted by Crippen LogP contribution is 2.41. The van der Waals surface area contributed by atoms with Gasteiger partial charge in [0.05, 0.1) is 16.7 Å². The summed E-state index contributed by atoms with van der Waals surface area (Å²) in [5.41, 5.74) is 1.89. The third kappa shape index (κ3) is 3.45. The van der Waals surface area contributed by atoms with Crippen LogP contribution in [0.2, 0.25) is 0 Å². The number of aromatic nitrogens is 4. The zero-order chi connectivity index (χ0) is 22.5. The average molecular weight is 431 g/mol. The highest BCUT2D eigenvalue weighted by Gasteiger charge is 2.43. The predicted octanol–water partition coefficient (Wildman–Crippen LogP) is 4.10. The molecule has 0 bridgehead atoms. The number of hydrogen-bond acceptors (Lipinski definition) is 6. The molecule has 2 atom stereocenters. The molecule has 3 aromatic rings. The summed E-state index contributed by atoms with van der Waals surface area (Å²) in [5, 5.41) is 7.96. The number of carbonyl (C=O) groups excluding carboxylic acids is 2. The van der Waals surface area contributed by atoms with E-state index in [0.717, 1.165) is 25.0 Å². The molecule has 1 saturated carbocycles. The quantitative estimate of drug-likeness (QED) is 0.627. The predicted molar refractivity (Wildman–Crippen MR) is 120 cm³/mol. The molecule has 8 heteroatoms. The van der Waals surface area contributed by atoms with E-state index in [1.54, 1.807) is 42.7 Å². The molecule has 0 saturated heterocycles. The van der Waals surface area contributed by atoms with Crippen molar-refractivity contribution < 1.29 is 9.59 Å². The zero-order valence-electron chi connectivity index (χ0n) is 18.4. The van der Waals surface area contributed by atoms with Gasteiger partial charge in [-0.25, -0.2) is 9.97 Å². The number of amides is 2. The second-order valence-electron chi connectivity index (χ2n) is 9.42. The van der Waals surface area contributed by atoms with Crippen LogP contribution in [0.15, 0.2) is 48.8 Å². The van der Waals surface area contributed by atoms with Gasteiger partial charge in [-0.2, -0.15) is 5.10 Å². The van der Waals surface area contributed by atoms with Crippen LogP contribution in [-0.2, 0) is 5.54 Å². The minimum atomic E-state index is -0.222. The van der Waals surface area contributed by atoms with Crippen molar-refractivity contribution in [2.75, 3.05) is 5.32 Å². The Morgan fingerprint density at radius 3 is 2.25 bits per heavy atom. The van der Waals surface area contributed by atoms with Crippen molar-refractivity contribution in [1.82, 2.24) is 24.6 Å². The molecular weight excluding hydrogens is 404 g/mol. The van der Waals surface area contributed by atoms with E-state index in [0.29, 0.717) is 22.9 Å². The fourth-order valence-electron chi connectivity index (χ4n) is 4.76. The molecule has 0 spiro atoms. The molecule has 1 fully saturated rings. The number of hydrogen-bond donors (Lipinski definition) is 1. The van der Waals surface area contributed by atoms with Gasteiger partial charge in [0.15, 0.2) is 5.82 Å². The van der Waals surface area contributed by atoms with E-state index in [4.69, 9.17) is 5.10 Å². The maximum Gasteiger partial charge on any atom is 0.261 e. The summed E-state index contributed by atoms with van der Waals surface area (Å²) in [6.07, 6.45) is 5.77. The first kappa shape index (κ1) is 20.4. The normalized spacial score (nSPS) is 20.7. The van der Waals surface area contributed by atoms with E-state index in [1.807, 2.05) is 10.7 Å². The molecule has 8 nitrogen and oxygen atoms in total. The van der Waals surface area contributed by atoms with Crippen LogP contribution in [0.4, 0.5) is 11.8 Å². The van der Waals surface area contributed by atoms with E-state index in [9.17, 15) is 9.59 Å². The van der Waals surface area contributed by atoms with Gasteiger partial charge in [0.1, 0.15) is 0 Å². The average Bonchev–Trinajstić information content (AvgIpc) is 3.46. The largest absolute Gasteiger partial charge is 0.307 e. The van der Waals surface area contributed by atoms with Crippen molar-refractivity contribution in [2.24, 2.45) is 0 Å². The van der Waals surface area contributed by atoms with Crippen LogP contribution in [-0.4, -0.2) is 42.5 Å². The summed E-state index contributed by atoms with van der Waals surface area (Å²) in [7, 11) is 0. The van der Waals surface area contributed by atoms with E-state index < -0.39 is 0 Å². The van der Waals surface area contributed by atoms with Gasteiger partial charge in [-0.15, -0.1) is 0 Å². The van der Waals surface area contributed by atoms with Crippen LogP contribution < -0.4 is 5.32 Å². The number of anilines is 2. The molecule has 1 N–H and O–H groups in total. The molecule has 2 amide bonds. The van der Waals surface area contributed by atoms with Crippen LogP contribution in [0.25, 0.3) is 0 Å². The maximum atomic E-state index is 12.9. The van der Waals surface area contributed by atoms with Crippen LogP contribution in [0.1, 0.15) is 72.4 Å². The van der Waals surface area contributed by atoms with Crippen LogP contribution >= 0.6 is 0 Å². The second-order valence-corrected chi connectivity index (χ2v) is 9.42. The number of benzene rings is 1. The molecule has 5 rings (SSSR count). The molecule has 0 radical (unpaired) electrons. The number of imide groups is 1. The second kappa shape index (κ2) is 7.55. The van der Waals surface area contributed by atoms with Gasteiger partial charge in [0.2, 0.25) is 5.95 Å². The van der Waals surface area contributed by atoms with Gasteiger partial charge in [-0.05, 0) is 58.2 Å². The van der Waals surface area contributed by atoms with Crippen molar-refractivity contribution in [3.05, 3.63) is 65.6 Å². The first-order valence-corrected chi connectivity index (χ1v) is 10.9. The summed E-state index contributed by atoms with van der Waals surface area (Å²) < 4.78 is 2.04. The molecule has 1 aromatic carbocycles. The monoisotopic (exact) mass is 430 g/mol. The summed E-state index contributed by atoms with van der Waals surface area (Å²) in [4.78, 5) is 35.8. The Bertz CT molecular complexity index is 1150. The minimum absolute atomic E-state index is 0.107. The van der Waals surface area contributed by atoms with Crippen molar-refractivity contribution >= 4 is 23.6 Å². The number of nitrogens with one attached hydrogen (secondary N) is 1. The Morgan fingerprint density at radius 1 is 0.969 bits per heavy atom. The lowest BCUT2D eigenvalue weighted by Gasteiger charge is -2.25. The lowest BCUT2D eigenvalue weighted by Crippen LogP contribution is -2.38. The molecular formula is C24H26N6O2. The molecule has 0 unspecified atom stereocenters. The molecule has 2 aliphatic rings. The number of nitrogens with zero attached hydrogens (tertiary/aromatic N) is 5. The third-order valence-corrected chi connectivity index (χ3v) is 6.19. The van der Waals surface area contributed by atoms with E-state index in [-0.39, 0.29) is 29.3 Å². The Hall–Kier alpha value is -3.55. The number of rotatable bonds is 4. The highest BCUT2D eigenvalue weighted by molar-refractivity contribution is 6.21. The van der Waals surface area contributed by atoms with Crippen molar-refractivity contribution in [1.29, 1.82) is 0 Å². The van der Waals surface area contributed by atoms with E-state index in [1.165, 1.54) is 4.90 Å². The fraction of sp³-hybridized carbons (Fsp3) is 0.375. The van der Waals surface area contributed by atoms with Gasteiger partial charge in [0, 0.05) is 36.1 Å². The zero-order valence-corrected chi connectivity index (χ0v) is 18.4. The molecule has 1 aliphatic carbocycles. The highest BCUT2D eigenvalue weighted by atomic mass is 16.2. The van der Waals surface area contributed by atoms with Gasteiger partial charge in [-0.1, -0.05) is 12.1 Å². The van der Waals surface area contributed by atoms with Crippen molar-refractivity contribution in [2.45, 2.75) is 57.5 Å². The van der Waals surface area contributed by atoms with Gasteiger partial charge in [0.25, 0.3) is 11.8 Å². The van der Waals surface area contributed by atoms with Crippen LogP contribution in [0.3, 0.4) is 0 Å². The van der Waals surface area contributed by atoms with Gasteiger partial charge in [-0.3, -0.25) is 19.2 Å².